The lowest BCUT2D eigenvalue weighted by molar-refractivity contribution is -0.136. The van der Waals surface area contributed by atoms with E-state index in [1.165, 1.54) is 0 Å². The van der Waals surface area contributed by atoms with Gasteiger partial charge in [0.2, 0.25) is 5.91 Å². The van der Waals surface area contributed by atoms with E-state index in [0.29, 0.717) is 39.2 Å². The van der Waals surface area contributed by atoms with Crippen LogP contribution in [0.15, 0.2) is 0 Å². The summed E-state index contributed by atoms with van der Waals surface area (Å²) in [6.45, 7) is 4.04. The molecule has 0 aromatic heterocycles. The SMILES string of the molecule is COCC(C)NC(=O)C1(CN)CCOCC1. The smallest absolute Gasteiger partial charge is 0.227 e. The average molecular weight is 230 g/mol. The summed E-state index contributed by atoms with van der Waals surface area (Å²) in [5.74, 6) is 0.0304. The Kier molecular flexibility index (Phi) is 5.18. The van der Waals surface area contributed by atoms with Crippen molar-refractivity contribution in [1.29, 1.82) is 0 Å². The second kappa shape index (κ2) is 6.18. The highest BCUT2D eigenvalue weighted by Crippen LogP contribution is 2.29. The van der Waals surface area contributed by atoms with Crippen LogP contribution in [0.2, 0.25) is 0 Å². The highest BCUT2D eigenvalue weighted by Gasteiger charge is 2.39. The molecule has 0 radical (unpaired) electrons. The first-order valence-electron chi connectivity index (χ1n) is 5.72. The molecule has 0 bridgehead atoms. The van der Waals surface area contributed by atoms with Gasteiger partial charge < -0.3 is 20.5 Å². The molecule has 0 saturated carbocycles. The quantitative estimate of drug-likeness (QED) is 0.691. The van der Waals surface area contributed by atoms with Crippen molar-refractivity contribution in [3.8, 4) is 0 Å². The minimum Gasteiger partial charge on any atom is -0.383 e. The van der Waals surface area contributed by atoms with Gasteiger partial charge in [-0.05, 0) is 19.8 Å². The van der Waals surface area contributed by atoms with Gasteiger partial charge in [0, 0.05) is 32.9 Å². The Labute approximate surface area is 96.7 Å². The van der Waals surface area contributed by atoms with Crippen molar-refractivity contribution in [2.24, 2.45) is 11.1 Å². The molecule has 1 unspecified atom stereocenters. The van der Waals surface area contributed by atoms with Gasteiger partial charge in [-0.1, -0.05) is 0 Å². The van der Waals surface area contributed by atoms with Crippen molar-refractivity contribution in [3.05, 3.63) is 0 Å². The van der Waals surface area contributed by atoms with Crippen molar-refractivity contribution in [2.45, 2.75) is 25.8 Å². The number of hydrogen-bond acceptors (Lipinski definition) is 4. The molecule has 1 aliphatic heterocycles. The summed E-state index contributed by atoms with van der Waals surface area (Å²) < 4.78 is 10.3. The molecule has 94 valence electrons. The molecule has 0 aliphatic carbocycles. The van der Waals surface area contributed by atoms with Gasteiger partial charge in [-0.3, -0.25) is 4.79 Å². The summed E-state index contributed by atoms with van der Waals surface area (Å²) in [4.78, 5) is 12.1. The number of ether oxygens (including phenoxy) is 2. The van der Waals surface area contributed by atoms with Gasteiger partial charge in [-0.2, -0.15) is 0 Å². The van der Waals surface area contributed by atoms with E-state index in [9.17, 15) is 4.79 Å². The molecule has 1 amide bonds. The molecule has 1 aliphatic rings. The molecule has 1 rings (SSSR count). The molecule has 16 heavy (non-hydrogen) atoms. The van der Waals surface area contributed by atoms with Crippen LogP contribution in [0.1, 0.15) is 19.8 Å². The lowest BCUT2D eigenvalue weighted by atomic mass is 9.79. The Morgan fingerprint density at radius 3 is 2.69 bits per heavy atom. The number of nitrogens with two attached hydrogens (primary N) is 1. The number of carbonyl (C=O) groups excluding carboxylic acids is 1. The number of carbonyl (C=O) groups is 1. The number of nitrogens with one attached hydrogen (secondary N) is 1. The van der Waals surface area contributed by atoms with E-state index in [-0.39, 0.29) is 11.9 Å². The van der Waals surface area contributed by atoms with Crippen LogP contribution in [0.5, 0.6) is 0 Å². The minimum absolute atomic E-state index is 0.0174. The predicted octanol–water partition coefficient (Wildman–Crippen LogP) is -0.107. The van der Waals surface area contributed by atoms with E-state index in [2.05, 4.69) is 5.32 Å². The molecular weight excluding hydrogens is 208 g/mol. The zero-order chi connectivity index (χ0) is 12.0. The summed E-state index contributed by atoms with van der Waals surface area (Å²) in [6.07, 6.45) is 1.41. The summed E-state index contributed by atoms with van der Waals surface area (Å²) in [7, 11) is 1.62. The Bertz CT molecular complexity index is 227. The van der Waals surface area contributed by atoms with Crippen LogP contribution < -0.4 is 11.1 Å². The van der Waals surface area contributed by atoms with Crippen LogP contribution in [-0.2, 0) is 14.3 Å². The second-order valence-corrected chi connectivity index (χ2v) is 4.43. The summed E-state index contributed by atoms with van der Waals surface area (Å²) >= 11 is 0. The van der Waals surface area contributed by atoms with E-state index in [1.54, 1.807) is 7.11 Å². The zero-order valence-electron chi connectivity index (χ0n) is 10.1. The first kappa shape index (κ1) is 13.4. The number of amides is 1. The molecule has 1 saturated heterocycles. The van der Waals surface area contributed by atoms with Crippen LogP contribution in [0.25, 0.3) is 0 Å². The van der Waals surface area contributed by atoms with Crippen molar-refractivity contribution >= 4 is 5.91 Å². The molecule has 1 heterocycles. The summed E-state index contributed by atoms with van der Waals surface area (Å²) in [6, 6.07) is 0.0174. The highest BCUT2D eigenvalue weighted by atomic mass is 16.5. The van der Waals surface area contributed by atoms with Gasteiger partial charge in [0.15, 0.2) is 0 Å². The van der Waals surface area contributed by atoms with Crippen LogP contribution in [0.4, 0.5) is 0 Å². The lowest BCUT2D eigenvalue weighted by Crippen LogP contribution is -2.52. The third-order valence-electron chi connectivity index (χ3n) is 3.12. The van der Waals surface area contributed by atoms with Crippen LogP contribution in [0.3, 0.4) is 0 Å². The van der Waals surface area contributed by atoms with Crippen molar-refractivity contribution in [2.75, 3.05) is 33.5 Å². The summed E-state index contributed by atoms with van der Waals surface area (Å²) in [5, 5.41) is 2.94. The van der Waals surface area contributed by atoms with Gasteiger partial charge in [-0.25, -0.2) is 0 Å². The number of hydrogen-bond donors (Lipinski definition) is 2. The molecule has 0 aromatic rings. The fourth-order valence-corrected chi connectivity index (χ4v) is 1.95. The van der Waals surface area contributed by atoms with Gasteiger partial charge in [0.1, 0.15) is 0 Å². The largest absolute Gasteiger partial charge is 0.383 e. The van der Waals surface area contributed by atoms with Crippen molar-refractivity contribution in [3.63, 3.8) is 0 Å². The molecule has 3 N–H and O–H groups in total. The first-order chi connectivity index (χ1) is 7.64. The van der Waals surface area contributed by atoms with Gasteiger partial charge in [0.05, 0.1) is 12.0 Å². The first-order valence-corrected chi connectivity index (χ1v) is 5.72. The highest BCUT2D eigenvalue weighted by molar-refractivity contribution is 5.83. The summed E-state index contributed by atoms with van der Waals surface area (Å²) in [5.41, 5.74) is 5.30. The van der Waals surface area contributed by atoms with Crippen molar-refractivity contribution in [1.82, 2.24) is 5.32 Å². The Hall–Kier alpha value is -0.650. The maximum Gasteiger partial charge on any atom is 0.227 e. The van der Waals surface area contributed by atoms with E-state index >= 15 is 0 Å². The topological polar surface area (TPSA) is 73.6 Å². The maximum absolute atomic E-state index is 12.1. The Morgan fingerprint density at radius 1 is 1.56 bits per heavy atom. The van der Waals surface area contributed by atoms with Crippen LogP contribution in [-0.4, -0.2) is 45.4 Å². The second-order valence-electron chi connectivity index (χ2n) is 4.43. The third-order valence-corrected chi connectivity index (χ3v) is 3.12. The van der Waals surface area contributed by atoms with Gasteiger partial charge >= 0.3 is 0 Å². The monoisotopic (exact) mass is 230 g/mol. The van der Waals surface area contributed by atoms with Gasteiger partial charge in [-0.15, -0.1) is 0 Å². The maximum atomic E-state index is 12.1. The molecule has 5 nitrogen and oxygen atoms in total. The molecule has 0 spiro atoms. The Morgan fingerprint density at radius 2 is 2.19 bits per heavy atom. The van der Waals surface area contributed by atoms with Crippen LogP contribution in [0, 0.1) is 5.41 Å². The minimum atomic E-state index is -0.444. The fraction of sp³-hybridized carbons (Fsp3) is 0.909. The van der Waals surface area contributed by atoms with Gasteiger partial charge in [0.25, 0.3) is 0 Å². The normalized spacial score (nSPS) is 21.4. The van der Waals surface area contributed by atoms with E-state index in [4.69, 9.17) is 15.2 Å². The van der Waals surface area contributed by atoms with E-state index in [1.807, 2.05) is 6.92 Å². The lowest BCUT2D eigenvalue weighted by Gasteiger charge is -2.35. The molecular formula is C11H22N2O3. The zero-order valence-corrected chi connectivity index (χ0v) is 10.1. The average Bonchev–Trinajstić information content (AvgIpc) is 2.30. The van der Waals surface area contributed by atoms with Crippen LogP contribution >= 0.6 is 0 Å². The third kappa shape index (κ3) is 3.17. The number of rotatable bonds is 5. The molecule has 0 aromatic carbocycles. The molecule has 1 atom stereocenters. The molecule has 1 fully saturated rings. The molecule has 5 heteroatoms. The Balaban J connectivity index is 2.54. The van der Waals surface area contributed by atoms with E-state index < -0.39 is 5.41 Å². The van der Waals surface area contributed by atoms with E-state index in [0.717, 1.165) is 0 Å². The van der Waals surface area contributed by atoms with Crippen molar-refractivity contribution < 1.29 is 14.3 Å². The predicted molar refractivity (Wildman–Crippen MR) is 61.0 cm³/mol. The number of methoxy groups -OCH3 is 1. The standard InChI is InChI=1S/C11H22N2O3/c1-9(7-15-2)13-10(14)11(8-12)3-5-16-6-4-11/h9H,3-8,12H2,1-2H3,(H,13,14). The fourth-order valence-electron chi connectivity index (χ4n) is 1.95.